The molecule has 1 heterocycles. The Morgan fingerprint density at radius 2 is 2.12 bits per heavy atom. The summed E-state index contributed by atoms with van der Waals surface area (Å²) in [7, 11) is 0. The molecule has 0 aliphatic rings. The fraction of sp³-hybridized carbons (Fsp3) is 0. The molecule has 0 radical (unpaired) electrons. The summed E-state index contributed by atoms with van der Waals surface area (Å²) in [6.45, 7) is 0. The molecule has 17 heavy (non-hydrogen) atoms. The Labute approximate surface area is 97.3 Å². The number of hydrogen-bond acceptors (Lipinski definition) is 3. The molecular formula is C12H10FN3O. The number of hydrogen-bond donors (Lipinski definition) is 2. The summed E-state index contributed by atoms with van der Waals surface area (Å²) in [4.78, 5) is 15.5. The Morgan fingerprint density at radius 1 is 1.29 bits per heavy atom. The van der Waals surface area contributed by atoms with Crippen LogP contribution in [0.15, 0.2) is 42.6 Å². The van der Waals surface area contributed by atoms with Crippen LogP contribution in [0.1, 0.15) is 10.4 Å². The second kappa shape index (κ2) is 4.61. The lowest BCUT2D eigenvalue weighted by molar-refractivity contribution is 0.102. The Hall–Kier alpha value is -2.43. The monoisotopic (exact) mass is 231 g/mol. The lowest BCUT2D eigenvalue weighted by atomic mass is 10.2. The first-order chi connectivity index (χ1) is 8.15. The molecule has 0 spiro atoms. The summed E-state index contributed by atoms with van der Waals surface area (Å²) in [6, 6.07) is 9.17. The number of pyridine rings is 1. The zero-order valence-corrected chi connectivity index (χ0v) is 8.85. The maximum Gasteiger partial charge on any atom is 0.256 e. The van der Waals surface area contributed by atoms with Crippen LogP contribution in [0, 0.1) is 5.82 Å². The molecule has 0 saturated carbocycles. The molecule has 0 saturated heterocycles. The summed E-state index contributed by atoms with van der Waals surface area (Å²) in [5.41, 5.74) is 6.50. The maximum absolute atomic E-state index is 12.6. The number of nitrogen functional groups attached to an aromatic ring is 1. The van der Waals surface area contributed by atoms with Crippen LogP contribution < -0.4 is 11.1 Å². The average Bonchev–Trinajstić information content (AvgIpc) is 2.32. The largest absolute Gasteiger partial charge is 0.399 e. The second-order valence-electron chi connectivity index (χ2n) is 3.44. The van der Waals surface area contributed by atoms with E-state index in [0.717, 1.165) is 6.20 Å². The Bertz CT molecular complexity index is 540. The zero-order chi connectivity index (χ0) is 12.3. The number of anilines is 2. The predicted octanol–water partition coefficient (Wildman–Crippen LogP) is 2.06. The van der Waals surface area contributed by atoms with E-state index in [4.69, 9.17) is 5.73 Å². The van der Waals surface area contributed by atoms with Gasteiger partial charge in [-0.1, -0.05) is 6.07 Å². The van der Waals surface area contributed by atoms with E-state index in [-0.39, 0.29) is 5.91 Å². The Morgan fingerprint density at radius 3 is 2.76 bits per heavy atom. The number of rotatable bonds is 2. The minimum absolute atomic E-state index is 0.291. The van der Waals surface area contributed by atoms with Crippen LogP contribution in [0.5, 0.6) is 0 Å². The number of carbonyl (C=O) groups excluding carboxylic acids is 1. The van der Waals surface area contributed by atoms with Crippen molar-refractivity contribution in [3.8, 4) is 0 Å². The highest BCUT2D eigenvalue weighted by Crippen LogP contribution is 2.10. The summed E-state index contributed by atoms with van der Waals surface area (Å²) < 4.78 is 12.6. The maximum atomic E-state index is 12.6. The normalized spacial score (nSPS) is 9.94. The van der Waals surface area contributed by atoms with Gasteiger partial charge in [-0.25, -0.2) is 9.37 Å². The lowest BCUT2D eigenvalue weighted by Gasteiger charge is -2.04. The van der Waals surface area contributed by atoms with Crippen LogP contribution in [0.4, 0.5) is 15.9 Å². The van der Waals surface area contributed by atoms with E-state index < -0.39 is 5.82 Å². The Balaban J connectivity index is 2.14. The highest BCUT2D eigenvalue weighted by Gasteiger charge is 2.06. The van der Waals surface area contributed by atoms with Gasteiger partial charge >= 0.3 is 0 Å². The summed E-state index contributed by atoms with van der Waals surface area (Å²) in [5, 5.41) is 2.54. The molecule has 0 aliphatic heterocycles. The molecule has 3 N–H and O–H groups in total. The van der Waals surface area contributed by atoms with Crippen molar-refractivity contribution in [1.29, 1.82) is 0 Å². The van der Waals surface area contributed by atoms with E-state index in [9.17, 15) is 9.18 Å². The number of halogens is 1. The lowest BCUT2D eigenvalue weighted by Crippen LogP contribution is -2.13. The van der Waals surface area contributed by atoms with Crippen molar-refractivity contribution in [3.63, 3.8) is 0 Å². The standard InChI is InChI=1S/C12H10FN3O/c13-9-4-5-11(15-7-9)16-12(17)8-2-1-3-10(14)6-8/h1-7H,14H2,(H,15,16,17). The third-order valence-electron chi connectivity index (χ3n) is 2.12. The van der Waals surface area contributed by atoms with Crippen molar-refractivity contribution < 1.29 is 9.18 Å². The number of carbonyl (C=O) groups is 1. The van der Waals surface area contributed by atoms with E-state index in [1.807, 2.05) is 0 Å². The van der Waals surface area contributed by atoms with Gasteiger partial charge in [0.1, 0.15) is 11.6 Å². The van der Waals surface area contributed by atoms with Crippen molar-refractivity contribution >= 4 is 17.4 Å². The second-order valence-corrected chi connectivity index (χ2v) is 3.44. The van der Waals surface area contributed by atoms with E-state index >= 15 is 0 Å². The number of benzene rings is 1. The van der Waals surface area contributed by atoms with Gasteiger partial charge in [-0.05, 0) is 30.3 Å². The third kappa shape index (κ3) is 2.78. The molecule has 0 unspecified atom stereocenters. The van der Waals surface area contributed by atoms with Crippen LogP contribution in [0.3, 0.4) is 0 Å². The quantitative estimate of drug-likeness (QED) is 0.777. The first-order valence-electron chi connectivity index (χ1n) is 4.93. The first kappa shape index (κ1) is 11.1. The fourth-order valence-corrected chi connectivity index (χ4v) is 1.32. The summed E-state index contributed by atoms with van der Waals surface area (Å²) in [6.07, 6.45) is 1.04. The van der Waals surface area contributed by atoms with Gasteiger partial charge in [0.25, 0.3) is 5.91 Å². The number of amides is 1. The molecule has 0 fully saturated rings. The van der Waals surface area contributed by atoms with Gasteiger partial charge in [-0.2, -0.15) is 0 Å². The van der Waals surface area contributed by atoms with Crippen molar-refractivity contribution in [2.75, 3.05) is 11.1 Å². The molecule has 2 rings (SSSR count). The SMILES string of the molecule is Nc1cccc(C(=O)Nc2ccc(F)cn2)c1. The van der Waals surface area contributed by atoms with E-state index in [1.165, 1.54) is 12.1 Å². The molecule has 0 atom stereocenters. The number of nitrogens with zero attached hydrogens (tertiary/aromatic N) is 1. The molecule has 1 aromatic carbocycles. The van der Waals surface area contributed by atoms with Gasteiger partial charge < -0.3 is 11.1 Å². The van der Waals surface area contributed by atoms with Crippen LogP contribution in [-0.4, -0.2) is 10.9 Å². The highest BCUT2D eigenvalue weighted by atomic mass is 19.1. The van der Waals surface area contributed by atoms with Crippen LogP contribution >= 0.6 is 0 Å². The van der Waals surface area contributed by atoms with Crippen LogP contribution in [0.2, 0.25) is 0 Å². The van der Waals surface area contributed by atoms with Crippen molar-refractivity contribution in [2.24, 2.45) is 0 Å². The first-order valence-corrected chi connectivity index (χ1v) is 4.93. The van der Waals surface area contributed by atoms with Gasteiger partial charge in [-0.15, -0.1) is 0 Å². The molecule has 86 valence electrons. The molecule has 0 bridgehead atoms. The number of nitrogens with one attached hydrogen (secondary N) is 1. The van der Waals surface area contributed by atoms with E-state index in [0.29, 0.717) is 17.1 Å². The predicted molar refractivity (Wildman–Crippen MR) is 63.0 cm³/mol. The third-order valence-corrected chi connectivity index (χ3v) is 2.12. The average molecular weight is 231 g/mol. The molecule has 5 heteroatoms. The van der Waals surface area contributed by atoms with Crippen molar-refractivity contribution in [1.82, 2.24) is 4.98 Å². The number of aromatic nitrogens is 1. The topological polar surface area (TPSA) is 68.0 Å². The Kier molecular flexibility index (Phi) is 3.00. The molecule has 1 aromatic heterocycles. The minimum Gasteiger partial charge on any atom is -0.399 e. The molecule has 4 nitrogen and oxygen atoms in total. The van der Waals surface area contributed by atoms with E-state index in [1.54, 1.807) is 24.3 Å². The number of nitrogens with two attached hydrogens (primary N) is 1. The highest BCUT2D eigenvalue weighted by molar-refractivity contribution is 6.04. The molecular weight excluding hydrogens is 221 g/mol. The smallest absolute Gasteiger partial charge is 0.256 e. The molecule has 2 aromatic rings. The molecule has 0 aliphatic carbocycles. The van der Waals surface area contributed by atoms with Gasteiger partial charge in [0.05, 0.1) is 6.20 Å². The summed E-state index contributed by atoms with van der Waals surface area (Å²) in [5.74, 6) is -0.498. The summed E-state index contributed by atoms with van der Waals surface area (Å²) >= 11 is 0. The van der Waals surface area contributed by atoms with Crippen molar-refractivity contribution in [2.45, 2.75) is 0 Å². The fourth-order valence-electron chi connectivity index (χ4n) is 1.32. The van der Waals surface area contributed by atoms with Gasteiger partial charge in [0, 0.05) is 11.3 Å². The minimum atomic E-state index is -0.452. The van der Waals surface area contributed by atoms with Crippen LogP contribution in [-0.2, 0) is 0 Å². The van der Waals surface area contributed by atoms with Gasteiger partial charge in [0.15, 0.2) is 0 Å². The van der Waals surface area contributed by atoms with E-state index in [2.05, 4.69) is 10.3 Å². The van der Waals surface area contributed by atoms with Gasteiger partial charge in [-0.3, -0.25) is 4.79 Å². The van der Waals surface area contributed by atoms with Crippen LogP contribution in [0.25, 0.3) is 0 Å². The van der Waals surface area contributed by atoms with Crippen molar-refractivity contribution in [3.05, 3.63) is 54.0 Å². The zero-order valence-electron chi connectivity index (χ0n) is 8.85. The molecule has 1 amide bonds. The van der Waals surface area contributed by atoms with Gasteiger partial charge in [0.2, 0.25) is 0 Å².